The van der Waals surface area contributed by atoms with Crippen molar-refractivity contribution in [3.8, 4) is 5.75 Å². The minimum Gasteiger partial charge on any atom is -0.497 e. The summed E-state index contributed by atoms with van der Waals surface area (Å²) in [5.41, 5.74) is 0.860. The number of fused-ring (bicyclic) bond motifs is 6. The number of ether oxygens (including phenoxy) is 1. The fraction of sp³-hybridized carbons (Fsp3) is 0.750. The van der Waals surface area contributed by atoms with Gasteiger partial charge in [0, 0.05) is 24.1 Å². The summed E-state index contributed by atoms with van der Waals surface area (Å²) in [6, 6.07) is 5.90. The smallest absolute Gasteiger partial charge is 0.128 e. The van der Waals surface area contributed by atoms with Crippen molar-refractivity contribution < 1.29 is 20.1 Å². The Morgan fingerprint density at radius 1 is 1.05 bits per heavy atom. The predicted molar refractivity (Wildman–Crippen MR) is 148 cm³/mol. The summed E-state index contributed by atoms with van der Waals surface area (Å²) in [5, 5.41) is 34.7. The molecule has 0 saturated heterocycles. The molecule has 1 aromatic heterocycles. The molecule has 38 heavy (non-hydrogen) atoms. The minimum absolute atomic E-state index is 0.116. The first kappa shape index (κ1) is 26.5. The quantitative estimate of drug-likeness (QED) is 0.502. The molecule has 0 spiro atoms. The molecule has 4 saturated carbocycles. The first-order chi connectivity index (χ1) is 18.1. The minimum atomic E-state index is -0.345. The van der Waals surface area contributed by atoms with E-state index >= 15 is 0 Å². The van der Waals surface area contributed by atoms with E-state index in [2.05, 4.69) is 25.8 Å². The molecule has 6 rings (SSSR count). The fourth-order valence-electron chi connectivity index (χ4n) is 9.98. The first-order valence-electron chi connectivity index (χ1n) is 15.0. The van der Waals surface area contributed by atoms with E-state index < -0.39 is 0 Å². The standard InChI is InChI=1S/C32H46N2O4/c1-18(5-10-29-33-17-19-6-7-22(38-4)15-26(19)34-29)23-8-9-24-30-25(16-28(37)32(23,24)3)31(2)12-11-21(35)13-20(31)14-27(30)36/h6-7,15,17-18,20-21,23-25,27-28,30,35-37H,5,8-14,16H2,1-4H3/t18-,20+,21-,23-,24+,25?,27-,28+,30+,31+,32-/m1/s1. The zero-order chi connectivity index (χ0) is 26.8. The third-order valence-electron chi connectivity index (χ3n) is 12.2. The third kappa shape index (κ3) is 4.08. The number of methoxy groups -OCH3 is 1. The molecule has 11 atom stereocenters. The van der Waals surface area contributed by atoms with Crippen molar-refractivity contribution in [3.05, 3.63) is 30.2 Å². The Hall–Kier alpha value is -1.76. The number of aliphatic hydroxyl groups is 3. The Kier molecular flexibility index (Phi) is 6.76. The highest BCUT2D eigenvalue weighted by Gasteiger charge is 2.65. The number of aryl methyl sites for hydroxylation is 1. The van der Waals surface area contributed by atoms with Gasteiger partial charge in [0.05, 0.1) is 30.9 Å². The molecule has 1 unspecified atom stereocenters. The molecule has 4 aliphatic carbocycles. The zero-order valence-corrected chi connectivity index (χ0v) is 23.5. The van der Waals surface area contributed by atoms with Crippen LogP contribution >= 0.6 is 0 Å². The van der Waals surface area contributed by atoms with E-state index in [0.717, 1.165) is 80.3 Å². The molecule has 2 aromatic rings. The number of nitrogens with zero attached hydrogens (tertiary/aromatic N) is 2. The second-order valence-electron chi connectivity index (χ2n) is 13.8. The van der Waals surface area contributed by atoms with Crippen LogP contribution < -0.4 is 4.74 Å². The van der Waals surface area contributed by atoms with Crippen LogP contribution in [0, 0.1) is 46.3 Å². The molecular formula is C32H46N2O4. The topological polar surface area (TPSA) is 95.7 Å². The largest absolute Gasteiger partial charge is 0.497 e. The molecule has 0 aliphatic heterocycles. The third-order valence-corrected chi connectivity index (χ3v) is 12.2. The Morgan fingerprint density at radius 3 is 2.66 bits per heavy atom. The van der Waals surface area contributed by atoms with E-state index in [4.69, 9.17) is 9.72 Å². The Morgan fingerprint density at radius 2 is 1.87 bits per heavy atom. The molecular weight excluding hydrogens is 476 g/mol. The van der Waals surface area contributed by atoms with Crippen LogP contribution in [0.25, 0.3) is 10.9 Å². The zero-order valence-electron chi connectivity index (χ0n) is 23.5. The number of aliphatic hydroxyl groups excluding tert-OH is 3. The van der Waals surface area contributed by atoms with Gasteiger partial charge < -0.3 is 20.1 Å². The number of hydrogen-bond acceptors (Lipinski definition) is 6. The van der Waals surface area contributed by atoms with Crippen molar-refractivity contribution in [1.29, 1.82) is 0 Å². The number of rotatable bonds is 5. The molecule has 6 nitrogen and oxygen atoms in total. The molecule has 0 bridgehead atoms. The monoisotopic (exact) mass is 522 g/mol. The number of aromatic nitrogens is 2. The molecule has 0 amide bonds. The van der Waals surface area contributed by atoms with Gasteiger partial charge in [-0.05, 0) is 110 Å². The molecule has 0 radical (unpaired) electrons. The maximum Gasteiger partial charge on any atom is 0.128 e. The molecule has 4 aliphatic rings. The van der Waals surface area contributed by atoms with E-state index in [0.29, 0.717) is 29.6 Å². The Labute approximate surface area is 227 Å². The van der Waals surface area contributed by atoms with Gasteiger partial charge in [0.2, 0.25) is 0 Å². The van der Waals surface area contributed by atoms with Crippen LogP contribution in [0.15, 0.2) is 24.4 Å². The van der Waals surface area contributed by atoms with Crippen LogP contribution in [-0.4, -0.2) is 50.7 Å². The number of benzene rings is 1. The summed E-state index contributed by atoms with van der Waals surface area (Å²) in [4.78, 5) is 9.46. The van der Waals surface area contributed by atoms with Gasteiger partial charge in [-0.2, -0.15) is 0 Å². The molecule has 208 valence electrons. The van der Waals surface area contributed by atoms with E-state index in [1.54, 1.807) is 7.11 Å². The lowest BCUT2D eigenvalue weighted by molar-refractivity contribution is -0.207. The van der Waals surface area contributed by atoms with E-state index in [1.165, 1.54) is 0 Å². The highest BCUT2D eigenvalue weighted by Crippen LogP contribution is 2.68. The van der Waals surface area contributed by atoms with Crippen LogP contribution in [0.2, 0.25) is 0 Å². The lowest BCUT2D eigenvalue weighted by atomic mass is 9.43. The van der Waals surface area contributed by atoms with Crippen molar-refractivity contribution in [2.45, 2.75) is 96.9 Å². The Bertz CT molecular complexity index is 1170. The van der Waals surface area contributed by atoms with Gasteiger partial charge in [-0.1, -0.05) is 20.8 Å². The van der Waals surface area contributed by atoms with E-state index in [9.17, 15) is 15.3 Å². The summed E-state index contributed by atoms with van der Waals surface area (Å²) in [6.07, 6.45) is 9.29. The summed E-state index contributed by atoms with van der Waals surface area (Å²) >= 11 is 0. The van der Waals surface area contributed by atoms with Crippen LogP contribution in [-0.2, 0) is 6.42 Å². The lowest BCUT2D eigenvalue weighted by Crippen LogP contribution is -2.62. The van der Waals surface area contributed by atoms with Gasteiger partial charge in [0.25, 0.3) is 0 Å². The van der Waals surface area contributed by atoms with Crippen molar-refractivity contribution in [1.82, 2.24) is 9.97 Å². The first-order valence-corrected chi connectivity index (χ1v) is 15.0. The van der Waals surface area contributed by atoms with Crippen molar-refractivity contribution in [2.75, 3.05) is 7.11 Å². The maximum absolute atomic E-state index is 11.8. The van der Waals surface area contributed by atoms with Gasteiger partial charge in [-0.3, -0.25) is 0 Å². The van der Waals surface area contributed by atoms with Crippen LogP contribution in [0.4, 0.5) is 0 Å². The predicted octanol–water partition coefficient (Wildman–Crippen LogP) is 5.17. The SMILES string of the molecule is COc1ccc2cnc(CC[C@@H](C)[C@H]3CC[C@H]4[C@H]5C(C[C@H](O)[C@]34C)[C@@]3(C)CC[C@@H](O)C[C@H]3C[C@H]5O)nc2c1. The van der Waals surface area contributed by atoms with Crippen molar-refractivity contribution >= 4 is 10.9 Å². The van der Waals surface area contributed by atoms with Crippen molar-refractivity contribution in [3.63, 3.8) is 0 Å². The van der Waals surface area contributed by atoms with Crippen LogP contribution in [0.5, 0.6) is 5.75 Å². The highest BCUT2D eigenvalue weighted by molar-refractivity contribution is 5.79. The highest BCUT2D eigenvalue weighted by atomic mass is 16.5. The van der Waals surface area contributed by atoms with Crippen LogP contribution in [0.1, 0.15) is 78.0 Å². The molecule has 1 heterocycles. The summed E-state index contributed by atoms with van der Waals surface area (Å²) < 4.78 is 5.37. The second kappa shape index (κ2) is 9.71. The normalized spacial score (nSPS) is 43.2. The average Bonchev–Trinajstić information content (AvgIpc) is 3.26. The average molecular weight is 523 g/mol. The van der Waals surface area contributed by atoms with Crippen molar-refractivity contribution in [2.24, 2.45) is 46.3 Å². The van der Waals surface area contributed by atoms with Crippen LogP contribution in [0.3, 0.4) is 0 Å². The summed E-state index contributed by atoms with van der Waals surface area (Å²) in [6.45, 7) is 7.08. The van der Waals surface area contributed by atoms with Gasteiger partial charge in [0.15, 0.2) is 0 Å². The van der Waals surface area contributed by atoms with Gasteiger partial charge in [0.1, 0.15) is 11.6 Å². The van der Waals surface area contributed by atoms with E-state index in [-0.39, 0.29) is 35.1 Å². The Balaban J connectivity index is 1.19. The van der Waals surface area contributed by atoms with Gasteiger partial charge in [-0.25, -0.2) is 9.97 Å². The summed E-state index contributed by atoms with van der Waals surface area (Å²) in [5.74, 6) is 3.85. The van der Waals surface area contributed by atoms with Gasteiger partial charge >= 0.3 is 0 Å². The lowest BCUT2D eigenvalue weighted by Gasteiger charge is -2.63. The number of hydrogen-bond donors (Lipinski definition) is 3. The molecule has 1 aromatic carbocycles. The fourth-order valence-corrected chi connectivity index (χ4v) is 9.98. The summed E-state index contributed by atoms with van der Waals surface area (Å²) in [7, 11) is 1.67. The molecule has 6 heteroatoms. The van der Waals surface area contributed by atoms with Gasteiger partial charge in [-0.15, -0.1) is 0 Å². The second-order valence-corrected chi connectivity index (χ2v) is 13.8. The molecule has 3 N–H and O–H groups in total. The van der Waals surface area contributed by atoms with E-state index in [1.807, 2.05) is 24.4 Å². The maximum atomic E-state index is 11.8. The molecule has 4 fully saturated rings.